The second-order valence-electron chi connectivity index (χ2n) is 4.64. The van der Waals surface area contributed by atoms with Gasteiger partial charge < -0.3 is 15.5 Å². The van der Waals surface area contributed by atoms with Crippen LogP contribution in [0.2, 0.25) is 0 Å². The molecule has 0 heterocycles. The van der Waals surface area contributed by atoms with Crippen molar-refractivity contribution in [1.82, 2.24) is 5.32 Å². The molecule has 3 N–H and O–H groups in total. The van der Waals surface area contributed by atoms with Gasteiger partial charge in [0.05, 0.1) is 18.2 Å². The van der Waals surface area contributed by atoms with Gasteiger partial charge in [-0.1, -0.05) is 52.3 Å². The fraction of sp³-hybridized carbons (Fsp3) is 0.188. The van der Waals surface area contributed by atoms with Crippen molar-refractivity contribution in [3.8, 4) is 0 Å². The van der Waals surface area contributed by atoms with E-state index in [9.17, 15) is 9.90 Å². The molecule has 0 radical (unpaired) electrons. The maximum absolute atomic E-state index is 10.9. The summed E-state index contributed by atoms with van der Waals surface area (Å²) in [4.78, 5) is 10.9. The van der Waals surface area contributed by atoms with Crippen molar-refractivity contribution >= 4 is 21.9 Å². The zero-order valence-corrected chi connectivity index (χ0v) is 12.9. The van der Waals surface area contributed by atoms with Gasteiger partial charge in [-0.25, -0.2) is 4.79 Å². The van der Waals surface area contributed by atoms with Crippen LogP contribution in [0.3, 0.4) is 0 Å². The maximum atomic E-state index is 10.9. The molecule has 0 saturated heterocycles. The molecule has 0 aliphatic heterocycles. The van der Waals surface area contributed by atoms with Crippen molar-refractivity contribution in [2.45, 2.75) is 12.6 Å². The zero-order chi connectivity index (χ0) is 15.2. The minimum Gasteiger partial charge on any atom is -0.478 e. The van der Waals surface area contributed by atoms with E-state index in [1.165, 1.54) is 0 Å². The van der Waals surface area contributed by atoms with Crippen LogP contribution in [0, 0.1) is 0 Å². The molecular weight excluding hydrogens is 334 g/mol. The van der Waals surface area contributed by atoms with E-state index < -0.39 is 5.97 Å². The Hall–Kier alpha value is -1.69. The van der Waals surface area contributed by atoms with E-state index in [0.29, 0.717) is 6.54 Å². The summed E-state index contributed by atoms with van der Waals surface area (Å²) in [6.45, 7) is 0.523. The SMILES string of the molecule is O=C(O)c1ccc(CNC(CO)c2ccccc2)c(Br)c1. The smallest absolute Gasteiger partial charge is 0.335 e. The van der Waals surface area contributed by atoms with Gasteiger partial charge in [0, 0.05) is 11.0 Å². The highest BCUT2D eigenvalue weighted by molar-refractivity contribution is 9.10. The van der Waals surface area contributed by atoms with Crippen molar-refractivity contribution in [2.24, 2.45) is 0 Å². The number of hydrogen-bond acceptors (Lipinski definition) is 3. The molecule has 21 heavy (non-hydrogen) atoms. The third kappa shape index (κ3) is 4.14. The van der Waals surface area contributed by atoms with Crippen LogP contribution < -0.4 is 5.32 Å². The summed E-state index contributed by atoms with van der Waals surface area (Å²) in [6, 6.07) is 14.5. The van der Waals surface area contributed by atoms with E-state index >= 15 is 0 Å². The third-order valence-corrected chi connectivity index (χ3v) is 3.96. The highest BCUT2D eigenvalue weighted by Crippen LogP contribution is 2.20. The molecule has 0 saturated carbocycles. The largest absolute Gasteiger partial charge is 0.478 e. The third-order valence-electron chi connectivity index (χ3n) is 3.22. The molecular formula is C16H16BrNO3. The molecule has 0 aliphatic carbocycles. The standard InChI is InChI=1S/C16H16BrNO3/c17-14-8-12(16(20)21)6-7-13(14)9-18-15(10-19)11-4-2-1-3-5-11/h1-8,15,18-19H,9-10H2,(H,20,21). The highest BCUT2D eigenvalue weighted by atomic mass is 79.9. The summed E-state index contributed by atoms with van der Waals surface area (Å²) < 4.78 is 0.736. The molecule has 110 valence electrons. The predicted octanol–water partition coefficient (Wildman–Crippen LogP) is 2.97. The van der Waals surface area contributed by atoms with Crippen molar-refractivity contribution in [1.29, 1.82) is 0 Å². The second kappa shape index (κ2) is 7.36. The van der Waals surface area contributed by atoms with Gasteiger partial charge in [-0.3, -0.25) is 0 Å². The van der Waals surface area contributed by atoms with Crippen LogP contribution in [0.4, 0.5) is 0 Å². The molecule has 0 spiro atoms. The normalized spacial score (nSPS) is 12.1. The summed E-state index contributed by atoms with van der Waals surface area (Å²) in [5.41, 5.74) is 2.19. The van der Waals surface area contributed by atoms with Gasteiger partial charge in [0.2, 0.25) is 0 Å². The average molecular weight is 350 g/mol. The van der Waals surface area contributed by atoms with E-state index in [0.717, 1.165) is 15.6 Å². The number of nitrogens with one attached hydrogen (secondary N) is 1. The summed E-state index contributed by atoms with van der Waals surface area (Å²) in [5.74, 6) is -0.951. The number of aliphatic hydroxyl groups excluding tert-OH is 1. The molecule has 0 aliphatic rings. The lowest BCUT2D eigenvalue weighted by atomic mass is 10.1. The fourth-order valence-electron chi connectivity index (χ4n) is 2.03. The number of carboxylic acid groups (broad SMARTS) is 1. The fourth-order valence-corrected chi connectivity index (χ4v) is 2.55. The van der Waals surface area contributed by atoms with Gasteiger partial charge >= 0.3 is 5.97 Å². The molecule has 1 unspecified atom stereocenters. The quantitative estimate of drug-likeness (QED) is 0.749. The Morgan fingerprint density at radius 1 is 1.19 bits per heavy atom. The van der Waals surface area contributed by atoms with E-state index in [2.05, 4.69) is 21.2 Å². The molecule has 0 fully saturated rings. The molecule has 4 nitrogen and oxygen atoms in total. The van der Waals surface area contributed by atoms with Crippen molar-refractivity contribution < 1.29 is 15.0 Å². The van der Waals surface area contributed by atoms with Crippen LogP contribution in [-0.4, -0.2) is 22.8 Å². The van der Waals surface area contributed by atoms with E-state index in [4.69, 9.17) is 5.11 Å². The van der Waals surface area contributed by atoms with Gasteiger partial charge in [-0.15, -0.1) is 0 Å². The van der Waals surface area contributed by atoms with Crippen LogP contribution in [0.5, 0.6) is 0 Å². The number of rotatable bonds is 6. The first-order valence-corrected chi connectivity index (χ1v) is 7.32. The minimum absolute atomic E-state index is 0.00512. The van der Waals surface area contributed by atoms with Crippen molar-refractivity contribution in [2.75, 3.05) is 6.61 Å². The summed E-state index contributed by atoms with van der Waals surface area (Å²) in [6.07, 6.45) is 0. The number of carbonyl (C=O) groups is 1. The van der Waals surface area contributed by atoms with Crippen molar-refractivity contribution in [3.05, 3.63) is 69.7 Å². The molecule has 0 aromatic heterocycles. The second-order valence-corrected chi connectivity index (χ2v) is 5.49. The lowest BCUT2D eigenvalue weighted by Gasteiger charge is -2.17. The molecule has 2 aromatic rings. The summed E-state index contributed by atoms with van der Waals surface area (Å²) in [7, 11) is 0. The Labute approximate surface area is 131 Å². The van der Waals surface area contributed by atoms with Gasteiger partial charge in [-0.2, -0.15) is 0 Å². The molecule has 5 heteroatoms. The average Bonchev–Trinajstić information content (AvgIpc) is 2.50. The van der Waals surface area contributed by atoms with Gasteiger partial charge in [-0.05, 0) is 23.3 Å². The minimum atomic E-state index is -0.951. The van der Waals surface area contributed by atoms with Crippen LogP contribution in [-0.2, 0) is 6.54 Å². The number of halogens is 1. The van der Waals surface area contributed by atoms with Crippen LogP contribution in [0.15, 0.2) is 53.0 Å². The topological polar surface area (TPSA) is 69.6 Å². The Balaban J connectivity index is 2.07. The maximum Gasteiger partial charge on any atom is 0.335 e. The zero-order valence-electron chi connectivity index (χ0n) is 11.3. The summed E-state index contributed by atoms with van der Waals surface area (Å²) in [5, 5.41) is 21.7. The molecule has 1 atom stereocenters. The Kier molecular flexibility index (Phi) is 5.50. The number of aromatic carboxylic acids is 1. The van der Waals surface area contributed by atoms with Crippen molar-refractivity contribution in [3.63, 3.8) is 0 Å². The van der Waals surface area contributed by atoms with Gasteiger partial charge in [0.1, 0.15) is 0 Å². The first-order valence-electron chi connectivity index (χ1n) is 6.52. The van der Waals surface area contributed by atoms with E-state index in [1.807, 2.05) is 30.3 Å². The number of carboxylic acids is 1. The first-order chi connectivity index (χ1) is 10.1. The molecule has 2 aromatic carbocycles. The molecule has 2 rings (SSSR count). The monoisotopic (exact) mass is 349 g/mol. The van der Waals surface area contributed by atoms with Crippen LogP contribution in [0.25, 0.3) is 0 Å². The van der Waals surface area contributed by atoms with Crippen LogP contribution in [0.1, 0.15) is 27.5 Å². The van der Waals surface area contributed by atoms with E-state index in [-0.39, 0.29) is 18.2 Å². The number of hydrogen-bond donors (Lipinski definition) is 3. The Morgan fingerprint density at radius 2 is 1.90 bits per heavy atom. The van der Waals surface area contributed by atoms with Gasteiger partial charge in [0.15, 0.2) is 0 Å². The Bertz CT molecular complexity index is 616. The lowest BCUT2D eigenvalue weighted by molar-refractivity contribution is 0.0697. The summed E-state index contributed by atoms with van der Waals surface area (Å²) >= 11 is 3.38. The van der Waals surface area contributed by atoms with Crippen LogP contribution >= 0.6 is 15.9 Å². The van der Waals surface area contributed by atoms with Gasteiger partial charge in [0.25, 0.3) is 0 Å². The molecule has 0 bridgehead atoms. The molecule has 0 amide bonds. The first kappa shape index (κ1) is 15.7. The Morgan fingerprint density at radius 3 is 2.48 bits per heavy atom. The lowest BCUT2D eigenvalue weighted by Crippen LogP contribution is -2.24. The number of aliphatic hydroxyl groups is 1. The predicted molar refractivity (Wildman–Crippen MR) is 84.2 cm³/mol. The number of benzene rings is 2. The van der Waals surface area contributed by atoms with E-state index in [1.54, 1.807) is 18.2 Å². The highest BCUT2D eigenvalue weighted by Gasteiger charge is 2.11.